The highest BCUT2D eigenvalue weighted by molar-refractivity contribution is 7.20. The average molecular weight is 549 g/mol. The molecule has 0 bridgehead atoms. The van der Waals surface area contributed by atoms with Crippen LogP contribution in [0.3, 0.4) is 0 Å². The number of benzene rings is 2. The van der Waals surface area contributed by atoms with Crippen molar-refractivity contribution in [1.82, 2.24) is 9.88 Å². The van der Waals surface area contributed by atoms with Gasteiger partial charge in [-0.3, -0.25) is 14.5 Å². The van der Waals surface area contributed by atoms with E-state index in [4.69, 9.17) is 9.47 Å². The Kier molecular flexibility index (Phi) is 6.86. The lowest BCUT2D eigenvalue weighted by molar-refractivity contribution is 0.102. The van der Waals surface area contributed by atoms with Gasteiger partial charge >= 0.3 is 0 Å². The van der Waals surface area contributed by atoms with Crippen LogP contribution in [0, 0.1) is 5.82 Å². The van der Waals surface area contributed by atoms with Crippen LogP contribution in [-0.4, -0.2) is 59.2 Å². The van der Waals surface area contributed by atoms with Gasteiger partial charge in [0.2, 0.25) is 0 Å². The molecule has 4 heterocycles. The number of amides is 2. The number of aliphatic hydroxyl groups is 1. The number of nitrogens with zero attached hydrogens (tertiary/aromatic N) is 2. The van der Waals surface area contributed by atoms with Gasteiger partial charge in [-0.2, -0.15) is 0 Å². The first-order valence-corrected chi connectivity index (χ1v) is 13.3. The number of carbonyl (C=O) groups is 2. The maximum Gasteiger partial charge on any atom is 0.265 e. The molecular weight excluding hydrogens is 523 g/mol. The molecule has 3 N–H and O–H groups in total. The Hall–Kier alpha value is -4.06. The predicted molar refractivity (Wildman–Crippen MR) is 145 cm³/mol. The van der Waals surface area contributed by atoms with Crippen molar-refractivity contribution in [3.8, 4) is 11.5 Å². The van der Waals surface area contributed by atoms with Crippen molar-refractivity contribution in [2.75, 3.05) is 36.9 Å². The first kappa shape index (κ1) is 25.2. The molecule has 0 radical (unpaired) electrons. The van der Waals surface area contributed by atoms with Gasteiger partial charge in [0.15, 0.2) is 11.5 Å². The number of hydrogen-bond acceptors (Lipinski definition) is 8. The second-order valence-electron chi connectivity index (χ2n) is 9.45. The Morgan fingerprint density at radius 2 is 1.87 bits per heavy atom. The number of likely N-dealkylation sites (tertiary alicyclic amines) is 1. The lowest BCUT2D eigenvalue weighted by atomic mass is 10.1. The van der Waals surface area contributed by atoms with Crippen molar-refractivity contribution in [2.24, 2.45) is 0 Å². The first-order chi connectivity index (χ1) is 18.9. The van der Waals surface area contributed by atoms with Crippen LogP contribution in [-0.2, 0) is 6.54 Å². The van der Waals surface area contributed by atoms with Crippen molar-refractivity contribution in [3.05, 3.63) is 76.5 Å². The number of rotatable bonds is 6. The third-order valence-corrected chi connectivity index (χ3v) is 7.62. The Labute approximate surface area is 227 Å². The predicted octanol–water partition coefficient (Wildman–Crippen LogP) is 4.28. The SMILES string of the molecule is O=C(Nc1ccc(F)c(NC(=O)c2cc3ccc(CN4CC[C@@H](O)C4)nc3s2)c1)c1ccc2c(c1)OCCO2. The first-order valence-electron chi connectivity index (χ1n) is 12.5. The number of halogens is 1. The molecule has 9 nitrogen and oxygen atoms in total. The van der Waals surface area contributed by atoms with Gasteiger partial charge in [-0.1, -0.05) is 6.07 Å². The third-order valence-electron chi connectivity index (χ3n) is 6.57. The van der Waals surface area contributed by atoms with E-state index < -0.39 is 17.6 Å². The molecular formula is C28H25FN4O5S. The Bertz CT molecular complexity index is 1580. The van der Waals surface area contributed by atoms with E-state index in [2.05, 4.69) is 20.5 Å². The molecule has 0 saturated carbocycles. The summed E-state index contributed by atoms with van der Waals surface area (Å²) in [5.41, 5.74) is 1.48. The van der Waals surface area contributed by atoms with Crippen LogP contribution in [0.4, 0.5) is 15.8 Å². The minimum atomic E-state index is -0.630. The van der Waals surface area contributed by atoms with Crippen LogP contribution in [0.15, 0.2) is 54.6 Å². The number of aliphatic hydroxyl groups excluding tert-OH is 1. The molecule has 1 atom stereocenters. The Morgan fingerprint density at radius 1 is 1.03 bits per heavy atom. The zero-order valence-electron chi connectivity index (χ0n) is 20.8. The number of ether oxygens (including phenoxy) is 2. The molecule has 39 heavy (non-hydrogen) atoms. The van der Waals surface area contributed by atoms with Crippen LogP contribution in [0.2, 0.25) is 0 Å². The van der Waals surface area contributed by atoms with Gasteiger partial charge in [0.25, 0.3) is 11.8 Å². The molecule has 2 aromatic heterocycles. The molecule has 0 aliphatic carbocycles. The van der Waals surface area contributed by atoms with E-state index in [0.717, 1.165) is 24.0 Å². The fourth-order valence-corrected chi connectivity index (χ4v) is 5.56. The molecule has 0 unspecified atom stereocenters. The molecule has 0 spiro atoms. The number of hydrogen-bond donors (Lipinski definition) is 3. The quantitative estimate of drug-likeness (QED) is 0.330. The smallest absolute Gasteiger partial charge is 0.265 e. The number of carbonyl (C=O) groups excluding carboxylic acids is 2. The number of aromatic nitrogens is 1. The molecule has 200 valence electrons. The van der Waals surface area contributed by atoms with Crippen LogP contribution in [0.5, 0.6) is 11.5 Å². The van der Waals surface area contributed by atoms with Gasteiger partial charge < -0.3 is 25.2 Å². The largest absolute Gasteiger partial charge is 0.486 e. The fourth-order valence-electron chi connectivity index (χ4n) is 4.61. The molecule has 1 saturated heterocycles. The van der Waals surface area contributed by atoms with Crippen LogP contribution < -0.4 is 20.1 Å². The molecule has 2 aliphatic heterocycles. The van der Waals surface area contributed by atoms with E-state index in [1.807, 2.05) is 12.1 Å². The highest BCUT2D eigenvalue weighted by atomic mass is 32.1. The summed E-state index contributed by atoms with van der Waals surface area (Å²) in [6.45, 7) is 2.93. The summed E-state index contributed by atoms with van der Waals surface area (Å²) in [6.07, 6.45) is 0.456. The fraction of sp³-hybridized carbons (Fsp3) is 0.250. The standard InChI is InChI=1S/C28H25FN4O5S/c29-21-5-4-18(30-26(35)16-2-6-23-24(11-16)38-10-9-37-23)13-22(21)32-27(36)25-12-17-1-3-19(31-28(17)39-25)14-33-8-7-20(34)15-33/h1-6,11-13,20,34H,7-10,14-15H2,(H,30,35)(H,32,36)/t20-/m1/s1. The Balaban J connectivity index is 1.14. The molecule has 2 amide bonds. The number of nitrogens with one attached hydrogen (secondary N) is 2. The van der Waals surface area contributed by atoms with Crippen molar-refractivity contribution < 1.29 is 28.6 Å². The molecule has 2 aliphatic rings. The van der Waals surface area contributed by atoms with E-state index in [9.17, 15) is 19.1 Å². The number of pyridine rings is 1. The number of anilines is 2. The molecule has 2 aromatic carbocycles. The summed E-state index contributed by atoms with van der Waals surface area (Å²) in [5, 5.41) is 15.9. The van der Waals surface area contributed by atoms with Crippen molar-refractivity contribution >= 4 is 44.7 Å². The van der Waals surface area contributed by atoms with Gasteiger partial charge in [0.05, 0.1) is 22.4 Å². The lowest BCUT2D eigenvalue weighted by Gasteiger charge is -2.18. The summed E-state index contributed by atoms with van der Waals surface area (Å²) in [6, 6.07) is 14.4. The van der Waals surface area contributed by atoms with Crippen LogP contribution >= 0.6 is 11.3 Å². The van der Waals surface area contributed by atoms with Crippen LogP contribution in [0.25, 0.3) is 10.2 Å². The number of thiophene rings is 1. The minimum Gasteiger partial charge on any atom is -0.486 e. The van der Waals surface area contributed by atoms with Crippen molar-refractivity contribution in [1.29, 1.82) is 0 Å². The zero-order chi connectivity index (χ0) is 26.9. The molecule has 1 fully saturated rings. The summed E-state index contributed by atoms with van der Waals surface area (Å²) in [5.74, 6) is -0.457. The minimum absolute atomic E-state index is 0.0568. The second kappa shape index (κ2) is 10.6. The monoisotopic (exact) mass is 548 g/mol. The summed E-state index contributed by atoms with van der Waals surface area (Å²) in [7, 11) is 0. The van der Waals surface area contributed by atoms with E-state index in [0.29, 0.717) is 58.8 Å². The van der Waals surface area contributed by atoms with Crippen molar-refractivity contribution in [2.45, 2.75) is 19.1 Å². The second-order valence-corrected chi connectivity index (χ2v) is 10.5. The van der Waals surface area contributed by atoms with Gasteiger partial charge in [0, 0.05) is 36.3 Å². The maximum atomic E-state index is 14.6. The van der Waals surface area contributed by atoms with Crippen molar-refractivity contribution in [3.63, 3.8) is 0 Å². The topological polar surface area (TPSA) is 113 Å². The summed E-state index contributed by atoms with van der Waals surface area (Å²) >= 11 is 1.22. The van der Waals surface area contributed by atoms with E-state index in [-0.39, 0.29) is 11.8 Å². The third kappa shape index (κ3) is 5.56. The zero-order valence-corrected chi connectivity index (χ0v) is 21.6. The molecule has 4 aromatic rings. The van der Waals surface area contributed by atoms with E-state index in [1.165, 1.54) is 29.5 Å². The maximum absolute atomic E-state index is 14.6. The van der Waals surface area contributed by atoms with Gasteiger partial charge in [-0.15, -0.1) is 11.3 Å². The molecule has 6 rings (SSSR count). The highest BCUT2D eigenvalue weighted by Crippen LogP contribution is 2.31. The lowest BCUT2D eigenvalue weighted by Crippen LogP contribution is -2.21. The highest BCUT2D eigenvalue weighted by Gasteiger charge is 2.21. The number of fused-ring (bicyclic) bond motifs is 2. The summed E-state index contributed by atoms with van der Waals surface area (Å²) in [4.78, 5) is 33.7. The summed E-state index contributed by atoms with van der Waals surface area (Å²) < 4.78 is 25.6. The van der Waals surface area contributed by atoms with Gasteiger partial charge in [0.1, 0.15) is 23.9 Å². The Morgan fingerprint density at radius 3 is 2.69 bits per heavy atom. The van der Waals surface area contributed by atoms with Crippen LogP contribution in [0.1, 0.15) is 32.1 Å². The van der Waals surface area contributed by atoms with E-state index >= 15 is 0 Å². The normalized spacial score (nSPS) is 16.8. The van der Waals surface area contributed by atoms with Gasteiger partial charge in [-0.05, 0) is 55.0 Å². The molecule has 11 heteroatoms. The number of β-amino-alcohol motifs (C(OH)–C–C–N with tert-alkyl or cyclic N) is 1. The van der Waals surface area contributed by atoms with Gasteiger partial charge in [-0.25, -0.2) is 9.37 Å². The van der Waals surface area contributed by atoms with E-state index in [1.54, 1.807) is 24.3 Å². The average Bonchev–Trinajstić information content (AvgIpc) is 3.55.